The van der Waals surface area contributed by atoms with E-state index in [0.29, 0.717) is 0 Å². The van der Waals surface area contributed by atoms with E-state index in [4.69, 9.17) is 9.84 Å². The normalized spacial score (nSPS) is 46.4. The first kappa shape index (κ1) is 10.8. The molecule has 0 aliphatic carbocycles. The maximum absolute atomic E-state index is 9.56. The van der Waals surface area contributed by atoms with Crippen LogP contribution in [0.25, 0.3) is 0 Å². The summed E-state index contributed by atoms with van der Waals surface area (Å²) >= 11 is 0. The summed E-state index contributed by atoms with van der Waals surface area (Å²) < 4.78 is 9.38. The highest BCUT2D eigenvalue weighted by Gasteiger charge is 2.48. The summed E-state index contributed by atoms with van der Waals surface area (Å²) in [6.07, 6.45) is -4.18. The molecule has 0 radical (unpaired) electrons. The average molecular weight is 194 g/mol. The topological polar surface area (TPSA) is 99.4 Å². The molecule has 6 heteroatoms. The Bertz CT molecular complexity index is 174. The lowest BCUT2D eigenvalue weighted by molar-refractivity contribution is -0.333. The minimum atomic E-state index is -1.94. The van der Waals surface area contributed by atoms with E-state index in [2.05, 4.69) is 4.74 Å². The van der Waals surface area contributed by atoms with Crippen molar-refractivity contribution < 1.29 is 29.9 Å². The zero-order chi connectivity index (χ0) is 10.1. The van der Waals surface area contributed by atoms with Crippen LogP contribution in [0, 0.1) is 0 Å². The predicted octanol–water partition coefficient (Wildman–Crippen LogP) is -2.57. The van der Waals surface area contributed by atoms with Gasteiger partial charge in [0.15, 0.2) is 0 Å². The Kier molecular flexibility index (Phi) is 3.23. The third-order valence-electron chi connectivity index (χ3n) is 2.04. The highest BCUT2D eigenvalue weighted by atomic mass is 16.7. The number of aliphatic hydroxyl groups excluding tert-OH is 3. The quantitative estimate of drug-likeness (QED) is 0.386. The van der Waals surface area contributed by atoms with Gasteiger partial charge in [0.25, 0.3) is 0 Å². The molecule has 1 rings (SSSR count). The van der Waals surface area contributed by atoms with Crippen molar-refractivity contribution in [3.05, 3.63) is 0 Å². The van der Waals surface area contributed by atoms with Gasteiger partial charge in [0, 0.05) is 7.11 Å². The van der Waals surface area contributed by atoms with Crippen LogP contribution in [-0.2, 0) is 9.47 Å². The van der Waals surface area contributed by atoms with E-state index in [1.807, 2.05) is 0 Å². The molecule has 4 N–H and O–H groups in total. The molecule has 1 aliphatic rings. The lowest BCUT2D eigenvalue weighted by Gasteiger charge is -2.40. The molecule has 13 heavy (non-hydrogen) atoms. The van der Waals surface area contributed by atoms with Crippen LogP contribution in [0.15, 0.2) is 0 Å². The van der Waals surface area contributed by atoms with Gasteiger partial charge in [0.05, 0.1) is 6.61 Å². The number of hydrogen-bond acceptors (Lipinski definition) is 6. The summed E-state index contributed by atoms with van der Waals surface area (Å²) in [5.74, 6) is -1.94. The first-order chi connectivity index (χ1) is 6.01. The van der Waals surface area contributed by atoms with E-state index >= 15 is 0 Å². The van der Waals surface area contributed by atoms with Gasteiger partial charge in [-0.1, -0.05) is 0 Å². The molecule has 0 unspecified atom stereocenters. The number of methoxy groups -OCH3 is 1. The molecule has 0 amide bonds. The van der Waals surface area contributed by atoms with Crippen molar-refractivity contribution in [1.82, 2.24) is 0 Å². The third kappa shape index (κ3) is 1.98. The molecular formula is C7H14O6. The number of ether oxygens (including phenoxy) is 2. The fourth-order valence-electron chi connectivity index (χ4n) is 1.22. The van der Waals surface area contributed by atoms with Crippen LogP contribution in [0.1, 0.15) is 0 Å². The van der Waals surface area contributed by atoms with E-state index < -0.39 is 24.1 Å². The Morgan fingerprint density at radius 3 is 2.62 bits per heavy atom. The summed E-state index contributed by atoms with van der Waals surface area (Å²) in [6.45, 7) is -0.504. The Hall–Kier alpha value is -0.240. The molecule has 0 aromatic rings. The number of rotatable bonds is 2. The highest BCUT2D eigenvalue weighted by Crippen LogP contribution is 2.23. The van der Waals surface area contributed by atoms with Crippen molar-refractivity contribution in [3.8, 4) is 0 Å². The summed E-state index contributed by atoms with van der Waals surface area (Å²) in [7, 11) is 1.32. The first-order valence-corrected chi connectivity index (χ1v) is 3.91. The van der Waals surface area contributed by atoms with Gasteiger partial charge in [-0.15, -0.1) is 0 Å². The Morgan fingerprint density at radius 1 is 1.46 bits per heavy atom. The van der Waals surface area contributed by atoms with Crippen LogP contribution in [0.4, 0.5) is 0 Å². The second-order valence-corrected chi connectivity index (χ2v) is 3.09. The molecule has 0 spiro atoms. The molecule has 0 bridgehead atoms. The smallest absolute Gasteiger partial charge is 0.219 e. The second kappa shape index (κ2) is 3.87. The first-order valence-electron chi connectivity index (χ1n) is 3.91. The number of aliphatic hydroxyl groups is 4. The van der Waals surface area contributed by atoms with Crippen molar-refractivity contribution >= 4 is 0 Å². The number of hydrogen-bond donors (Lipinski definition) is 4. The molecule has 78 valence electrons. The summed E-state index contributed by atoms with van der Waals surface area (Å²) in [5, 5.41) is 37.2. The van der Waals surface area contributed by atoms with Gasteiger partial charge in [-0.05, 0) is 0 Å². The zero-order valence-corrected chi connectivity index (χ0v) is 7.25. The molecular weight excluding hydrogens is 180 g/mol. The second-order valence-electron chi connectivity index (χ2n) is 3.09. The summed E-state index contributed by atoms with van der Waals surface area (Å²) in [6, 6.07) is 0. The fraction of sp³-hybridized carbons (Fsp3) is 1.00. The third-order valence-corrected chi connectivity index (χ3v) is 2.04. The minimum Gasteiger partial charge on any atom is -0.388 e. The van der Waals surface area contributed by atoms with Gasteiger partial charge >= 0.3 is 0 Å². The molecule has 0 aromatic carbocycles. The van der Waals surface area contributed by atoms with Gasteiger partial charge in [-0.2, -0.15) is 0 Å². The van der Waals surface area contributed by atoms with Crippen molar-refractivity contribution in [3.63, 3.8) is 0 Å². The standard InChI is InChI=1S/C7H14O6/c1-12-3-7(11)6(10)5(9)4(8)2-13-7/h4-6,8-11H,2-3H2,1H3/t4-,5+,6+,7+/m1/s1. The summed E-state index contributed by atoms with van der Waals surface area (Å²) in [5.41, 5.74) is 0. The van der Waals surface area contributed by atoms with E-state index in [0.717, 1.165) is 0 Å². The molecule has 1 fully saturated rings. The predicted molar refractivity (Wildman–Crippen MR) is 40.8 cm³/mol. The van der Waals surface area contributed by atoms with Crippen molar-refractivity contribution in [2.24, 2.45) is 0 Å². The van der Waals surface area contributed by atoms with Crippen molar-refractivity contribution in [2.75, 3.05) is 20.3 Å². The van der Waals surface area contributed by atoms with E-state index in [1.54, 1.807) is 0 Å². The Labute approximate surface area is 75.3 Å². The zero-order valence-electron chi connectivity index (χ0n) is 7.25. The van der Waals surface area contributed by atoms with Crippen molar-refractivity contribution in [2.45, 2.75) is 24.1 Å². The van der Waals surface area contributed by atoms with Gasteiger partial charge in [0.1, 0.15) is 24.9 Å². The van der Waals surface area contributed by atoms with Gasteiger partial charge in [-0.25, -0.2) is 0 Å². The lowest BCUT2D eigenvalue weighted by atomic mass is 9.97. The molecule has 1 saturated heterocycles. The minimum absolute atomic E-state index is 0.238. The molecule has 6 nitrogen and oxygen atoms in total. The highest BCUT2D eigenvalue weighted by molar-refractivity contribution is 4.91. The van der Waals surface area contributed by atoms with Gasteiger partial charge < -0.3 is 29.9 Å². The average Bonchev–Trinajstić information content (AvgIpc) is 2.10. The maximum Gasteiger partial charge on any atom is 0.219 e. The van der Waals surface area contributed by atoms with E-state index in [-0.39, 0.29) is 13.2 Å². The van der Waals surface area contributed by atoms with Crippen LogP contribution < -0.4 is 0 Å². The van der Waals surface area contributed by atoms with E-state index in [1.165, 1.54) is 7.11 Å². The Balaban J connectivity index is 2.67. The monoisotopic (exact) mass is 194 g/mol. The lowest BCUT2D eigenvalue weighted by Crippen LogP contribution is -2.62. The molecule has 0 aromatic heterocycles. The van der Waals surface area contributed by atoms with Crippen LogP contribution in [-0.4, -0.2) is 64.8 Å². The molecule has 1 heterocycles. The van der Waals surface area contributed by atoms with Crippen LogP contribution in [0.3, 0.4) is 0 Å². The van der Waals surface area contributed by atoms with Gasteiger partial charge in [-0.3, -0.25) is 0 Å². The Morgan fingerprint density at radius 2 is 2.08 bits per heavy atom. The van der Waals surface area contributed by atoms with Crippen LogP contribution in [0.2, 0.25) is 0 Å². The molecule has 0 saturated carbocycles. The van der Waals surface area contributed by atoms with Crippen LogP contribution in [0.5, 0.6) is 0 Å². The van der Waals surface area contributed by atoms with Crippen molar-refractivity contribution in [1.29, 1.82) is 0 Å². The van der Waals surface area contributed by atoms with Crippen LogP contribution >= 0.6 is 0 Å². The fourth-order valence-corrected chi connectivity index (χ4v) is 1.22. The largest absolute Gasteiger partial charge is 0.388 e. The van der Waals surface area contributed by atoms with Gasteiger partial charge in [0.2, 0.25) is 5.79 Å². The summed E-state index contributed by atoms with van der Waals surface area (Å²) in [4.78, 5) is 0. The molecule has 1 aliphatic heterocycles. The maximum atomic E-state index is 9.56. The van der Waals surface area contributed by atoms with E-state index in [9.17, 15) is 15.3 Å². The molecule has 4 atom stereocenters. The SMILES string of the molecule is COC[C@]1(O)OC[C@@H](O)[C@H](O)[C@@H]1O.